The third-order valence-electron chi connectivity index (χ3n) is 5.09. The Bertz CT molecular complexity index is 1120. The number of para-hydroxylation sites is 3. The first kappa shape index (κ1) is 22.6. The highest BCUT2D eigenvalue weighted by Crippen LogP contribution is 2.32. The molecular formula is C24H26BrN3O3. The van der Waals surface area contributed by atoms with E-state index in [9.17, 15) is 4.79 Å². The zero-order chi connectivity index (χ0) is 22.5. The Labute approximate surface area is 191 Å². The standard InChI is InChI=1S/C24H26BrN3O3/c1-15-9-8-10-16(2)24(15)28-17(3)19(23(25)18(28)4)13-26-27-22(29)14-31-21-12-7-6-11-20(21)30-5/h6-13H,14H2,1-5H3,(H,27,29)/b26-13-. The van der Waals surface area contributed by atoms with E-state index in [4.69, 9.17) is 9.47 Å². The molecule has 0 aliphatic carbocycles. The number of carbonyl (C=O) groups excluding carboxylic acids is 1. The van der Waals surface area contributed by atoms with Gasteiger partial charge in [0, 0.05) is 21.4 Å². The second-order valence-corrected chi connectivity index (χ2v) is 8.00. The van der Waals surface area contributed by atoms with Crippen molar-refractivity contribution in [1.82, 2.24) is 9.99 Å². The van der Waals surface area contributed by atoms with E-state index < -0.39 is 0 Å². The van der Waals surface area contributed by atoms with Crippen molar-refractivity contribution >= 4 is 28.1 Å². The number of carbonyl (C=O) groups is 1. The first-order valence-corrected chi connectivity index (χ1v) is 10.7. The molecular weight excluding hydrogens is 458 g/mol. The van der Waals surface area contributed by atoms with E-state index in [0.717, 1.165) is 27.1 Å². The molecule has 1 amide bonds. The molecule has 1 N–H and O–H groups in total. The Balaban J connectivity index is 1.74. The number of hydrogen-bond donors (Lipinski definition) is 1. The van der Waals surface area contributed by atoms with Gasteiger partial charge >= 0.3 is 0 Å². The van der Waals surface area contributed by atoms with Crippen LogP contribution in [0.4, 0.5) is 0 Å². The molecule has 3 aromatic rings. The van der Waals surface area contributed by atoms with Gasteiger partial charge in [-0.1, -0.05) is 30.3 Å². The summed E-state index contributed by atoms with van der Waals surface area (Å²) in [5.74, 6) is 0.715. The van der Waals surface area contributed by atoms with E-state index in [1.807, 2.05) is 19.1 Å². The molecule has 0 aliphatic rings. The summed E-state index contributed by atoms with van der Waals surface area (Å²) in [5.41, 5.74) is 9.08. The maximum absolute atomic E-state index is 12.2. The lowest BCUT2D eigenvalue weighted by Crippen LogP contribution is -2.24. The van der Waals surface area contributed by atoms with Gasteiger partial charge in [-0.15, -0.1) is 0 Å². The topological polar surface area (TPSA) is 64.8 Å². The molecule has 0 saturated carbocycles. The van der Waals surface area contributed by atoms with E-state index in [1.165, 1.54) is 11.1 Å². The first-order valence-electron chi connectivity index (χ1n) is 9.86. The molecule has 0 saturated heterocycles. The predicted octanol–water partition coefficient (Wildman–Crippen LogP) is 5.01. The number of aromatic nitrogens is 1. The van der Waals surface area contributed by atoms with Crippen molar-refractivity contribution < 1.29 is 14.3 Å². The normalized spacial score (nSPS) is 11.0. The van der Waals surface area contributed by atoms with Crippen molar-refractivity contribution in [2.75, 3.05) is 13.7 Å². The van der Waals surface area contributed by atoms with Crippen LogP contribution in [-0.4, -0.2) is 30.4 Å². The maximum atomic E-state index is 12.2. The molecule has 0 atom stereocenters. The average molecular weight is 484 g/mol. The Morgan fingerprint density at radius 2 is 1.68 bits per heavy atom. The molecule has 0 fully saturated rings. The van der Waals surface area contributed by atoms with Crippen LogP contribution in [0.5, 0.6) is 11.5 Å². The molecule has 3 rings (SSSR count). The van der Waals surface area contributed by atoms with Crippen LogP contribution in [-0.2, 0) is 4.79 Å². The van der Waals surface area contributed by atoms with Crippen molar-refractivity contribution in [3.8, 4) is 17.2 Å². The number of amides is 1. The van der Waals surface area contributed by atoms with Gasteiger partial charge in [-0.3, -0.25) is 4.79 Å². The fraction of sp³-hybridized carbons (Fsp3) is 0.250. The Hall–Kier alpha value is -3.06. The summed E-state index contributed by atoms with van der Waals surface area (Å²) in [5, 5.41) is 4.13. The molecule has 1 heterocycles. The summed E-state index contributed by atoms with van der Waals surface area (Å²) in [6.07, 6.45) is 1.65. The number of rotatable bonds is 7. The van der Waals surface area contributed by atoms with Crippen LogP contribution in [0.2, 0.25) is 0 Å². The van der Waals surface area contributed by atoms with E-state index in [1.54, 1.807) is 25.5 Å². The first-order chi connectivity index (χ1) is 14.8. The molecule has 0 radical (unpaired) electrons. The number of nitrogens with one attached hydrogen (secondary N) is 1. The molecule has 162 valence electrons. The van der Waals surface area contributed by atoms with Crippen molar-refractivity contribution in [3.63, 3.8) is 0 Å². The van der Waals surface area contributed by atoms with Gasteiger partial charge in [-0.05, 0) is 66.9 Å². The molecule has 1 aromatic heterocycles. The molecule has 0 unspecified atom stereocenters. The van der Waals surface area contributed by atoms with Gasteiger partial charge in [0.2, 0.25) is 0 Å². The Morgan fingerprint density at radius 3 is 2.32 bits per heavy atom. The summed E-state index contributed by atoms with van der Waals surface area (Å²) in [4.78, 5) is 12.2. The fourth-order valence-electron chi connectivity index (χ4n) is 3.55. The second-order valence-electron chi connectivity index (χ2n) is 7.21. The van der Waals surface area contributed by atoms with Crippen molar-refractivity contribution in [2.24, 2.45) is 5.10 Å². The molecule has 7 heteroatoms. The number of halogens is 1. The molecule has 0 bridgehead atoms. The minimum atomic E-state index is -0.359. The number of ether oxygens (including phenoxy) is 2. The highest BCUT2D eigenvalue weighted by molar-refractivity contribution is 9.10. The molecule has 6 nitrogen and oxygen atoms in total. The van der Waals surface area contributed by atoms with Gasteiger partial charge in [0.1, 0.15) is 0 Å². The second kappa shape index (κ2) is 9.83. The van der Waals surface area contributed by atoms with E-state index >= 15 is 0 Å². The smallest absolute Gasteiger partial charge is 0.277 e. The number of hydrazone groups is 1. The lowest BCUT2D eigenvalue weighted by Gasteiger charge is -2.15. The third kappa shape index (κ3) is 4.82. The Kier molecular flexibility index (Phi) is 7.17. The highest BCUT2D eigenvalue weighted by atomic mass is 79.9. The fourth-order valence-corrected chi connectivity index (χ4v) is 4.12. The summed E-state index contributed by atoms with van der Waals surface area (Å²) >= 11 is 3.68. The van der Waals surface area contributed by atoms with Gasteiger partial charge in [0.15, 0.2) is 18.1 Å². The minimum absolute atomic E-state index is 0.166. The summed E-state index contributed by atoms with van der Waals surface area (Å²) < 4.78 is 13.9. The van der Waals surface area contributed by atoms with E-state index in [0.29, 0.717) is 11.5 Å². The number of nitrogens with zero attached hydrogens (tertiary/aromatic N) is 2. The monoisotopic (exact) mass is 483 g/mol. The van der Waals surface area contributed by atoms with Crippen LogP contribution in [0, 0.1) is 27.7 Å². The molecule has 0 spiro atoms. The minimum Gasteiger partial charge on any atom is -0.493 e. The predicted molar refractivity (Wildman–Crippen MR) is 127 cm³/mol. The molecule has 0 aliphatic heterocycles. The summed E-state index contributed by atoms with van der Waals surface area (Å²) in [7, 11) is 1.55. The van der Waals surface area contributed by atoms with Crippen molar-refractivity contribution in [2.45, 2.75) is 27.7 Å². The van der Waals surface area contributed by atoms with Crippen LogP contribution < -0.4 is 14.9 Å². The summed E-state index contributed by atoms with van der Waals surface area (Å²) in [6.45, 7) is 8.13. The quantitative estimate of drug-likeness (QED) is 0.379. The van der Waals surface area contributed by atoms with Gasteiger partial charge in [-0.2, -0.15) is 5.10 Å². The number of hydrogen-bond acceptors (Lipinski definition) is 4. The van der Waals surface area contributed by atoms with Gasteiger partial charge in [0.25, 0.3) is 5.91 Å². The molecule has 2 aromatic carbocycles. The SMILES string of the molecule is COc1ccccc1OCC(=O)N/N=C\c1c(Br)c(C)n(-c2c(C)cccc2C)c1C. The lowest BCUT2D eigenvalue weighted by atomic mass is 10.1. The van der Waals surface area contributed by atoms with Gasteiger partial charge in [0.05, 0.1) is 19.0 Å². The average Bonchev–Trinajstić information content (AvgIpc) is 2.96. The van der Waals surface area contributed by atoms with Crippen LogP contribution in [0.25, 0.3) is 5.69 Å². The number of aryl methyl sites for hydroxylation is 2. The van der Waals surface area contributed by atoms with Gasteiger partial charge in [-0.25, -0.2) is 5.43 Å². The van der Waals surface area contributed by atoms with Crippen molar-refractivity contribution in [1.29, 1.82) is 0 Å². The van der Waals surface area contributed by atoms with E-state index in [-0.39, 0.29) is 12.5 Å². The maximum Gasteiger partial charge on any atom is 0.277 e. The number of benzene rings is 2. The Morgan fingerprint density at radius 1 is 1.03 bits per heavy atom. The van der Waals surface area contributed by atoms with Crippen LogP contribution in [0.3, 0.4) is 0 Å². The van der Waals surface area contributed by atoms with Gasteiger partial charge < -0.3 is 14.0 Å². The number of methoxy groups -OCH3 is 1. The third-order valence-corrected chi connectivity index (χ3v) is 6.09. The van der Waals surface area contributed by atoms with Crippen LogP contribution in [0.1, 0.15) is 28.1 Å². The van der Waals surface area contributed by atoms with E-state index in [2.05, 4.69) is 70.0 Å². The highest BCUT2D eigenvalue weighted by Gasteiger charge is 2.18. The zero-order valence-corrected chi connectivity index (χ0v) is 19.9. The zero-order valence-electron chi connectivity index (χ0n) is 18.3. The van der Waals surface area contributed by atoms with Crippen LogP contribution >= 0.6 is 15.9 Å². The summed E-state index contributed by atoms with van der Waals surface area (Å²) in [6, 6.07) is 13.4. The van der Waals surface area contributed by atoms with Crippen molar-refractivity contribution in [3.05, 3.63) is 75.0 Å². The lowest BCUT2D eigenvalue weighted by molar-refractivity contribution is -0.123. The largest absolute Gasteiger partial charge is 0.493 e. The molecule has 31 heavy (non-hydrogen) atoms. The van der Waals surface area contributed by atoms with Crippen LogP contribution in [0.15, 0.2) is 52.0 Å².